The van der Waals surface area contributed by atoms with E-state index >= 15 is 0 Å². The van der Waals surface area contributed by atoms with E-state index in [1.807, 2.05) is 0 Å². The van der Waals surface area contributed by atoms with Gasteiger partial charge in [0.05, 0.1) is 5.52 Å². The highest BCUT2D eigenvalue weighted by atomic mass is 19.1. The Morgan fingerprint density at radius 2 is 1.87 bits per heavy atom. The zero-order valence-corrected chi connectivity index (χ0v) is 16.0. The Labute approximate surface area is 170 Å². The Balaban J connectivity index is 1.57. The van der Waals surface area contributed by atoms with Crippen molar-refractivity contribution in [2.24, 2.45) is 0 Å². The molecule has 0 aliphatic carbocycles. The summed E-state index contributed by atoms with van der Waals surface area (Å²) in [4.78, 5) is 26.7. The quantitative estimate of drug-likeness (QED) is 0.576. The minimum absolute atomic E-state index is 0.164. The number of aryl methyl sites for hydroxylation is 1. The second-order valence-electron chi connectivity index (χ2n) is 7.35. The Kier molecular flexibility index (Phi) is 5.48. The van der Waals surface area contributed by atoms with E-state index in [-0.39, 0.29) is 23.8 Å². The van der Waals surface area contributed by atoms with Crippen molar-refractivity contribution in [1.82, 2.24) is 15.6 Å². The molecule has 4 rings (SSSR count). The zero-order chi connectivity index (χ0) is 21.3. The zero-order valence-electron chi connectivity index (χ0n) is 16.0. The van der Waals surface area contributed by atoms with Gasteiger partial charge in [-0.15, -0.1) is 0 Å². The van der Waals surface area contributed by atoms with Crippen molar-refractivity contribution in [3.63, 3.8) is 0 Å². The number of rotatable bonds is 6. The van der Waals surface area contributed by atoms with Gasteiger partial charge in [-0.1, -0.05) is 0 Å². The van der Waals surface area contributed by atoms with Gasteiger partial charge in [0, 0.05) is 30.1 Å². The minimum Gasteiger partial charge on any atom is -0.354 e. The summed E-state index contributed by atoms with van der Waals surface area (Å²) in [7, 11) is 0. The molecular formula is C22H20F3N3O2. The van der Waals surface area contributed by atoms with Crippen LogP contribution in [0.1, 0.15) is 24.8 Å². The van der Waals surface area contributed by atoms with E-state index in [9.17, 15) is 22.8 Å². The van der Waals surface area contributed by atoms with Crippen LogP contribution in [-0.4, -0.2) is 29.4 Å². The van der Waals surface area contributed by atoms with Gasteiger partial charge in [0.2, 0.25) is 11.8 Å². The first kappa shape index (κ1) is 20.0. The molecule has 5 nitrogen and oxygen atoms in total. The third-order valence-electron chi connectivity index (χ3n) is 5.28. The Bertz CT molecular complexity index is 1110. The lowest BCUT2D eigenvalue weighted by Gasteiger charge is -2.10. The molecule has 1 aromatic heterocycles. The number of amides is 2. The number of hydrogen-bond acceptors (Lipinski definition) is 2. The summed E-state index contributed by atoms with van der Waals surface area (Å²) in [5.41, 5.74) is 2.01. The predicted molar refractivity (Wildman–Crippen MR) is 106 cm³/mol. The van der Waals surface area contributed by atoms with Gasteiger partial charge in [-0.3, -0.25) is 9.59 Å². The Morgan fingerprint density at radius 1 is 1.10 bits per heavy atom. The van der Waals surface area contributed by atoms with Gasteiger partial charge in [0.25, 0.3) is 0 Å². The molecule has 2 amide bonds. The lowest BCUT2D eigenvalue weighted by Crippen LogP contribution is -2.40. The summed E-state index contributed by atoms with van der Waals surface area (Å²) in [5.74, 6) is -2.26. The Morgan fingerprint density at radius 3 is 2.57 bits per heavy atom. The van der Waals surface area contributed by atoms with Crippen molar-refractivity contribution in [3.8, 4) is 11.3 Å². The predicted octanol–water partition coefficient (Wildman–Crippen LogP) is 3.58. The molecule has 0 spiro atoms. The molecular weight excluding hydrogens is 395 g/mol. The molecule has 0 unspecified atom stereocenters. The lowest BCUT2D eigenvalue weighted by molar-refractivity contribution is -0.127. The van der Waals surface area contributed by atoms with Crippen LogP contribution in [0.3, 0.4) is 0 Å². The van der Waals surface area contributed by atoms with Crippen LogP contribution < -0.4 is 10.6 Å². The van der Waals surface area contributed by atoms with Gasteiger partial charge in [0.1, 0.15) is 23.5 Å². The van der Waals surface area contributed by atoms with Crippen LogP contribution in [0.5, 0.6) is 0 Å². The van der Waals surface area contributed by atoms with E-state index in [0.717, 1.165) is 6.07 Å². The molecule has 1 atom stereocenters. The SMILES string of the molecule is O=C(CCCc1c(-c2ccc(F)cc2)[nH]c2c(F)cc(F)cc12)N[C@H]1CCNC1=O. The molecule has 30 heavy (non-hydrogen) atoms. The average molecular weight is 415 g/mol. The van der Waals surface area contributed by atoms with Crippen molar-refractivity contribution in [1.29, 1.82) is 0 Å². The fourth-order valence-corrected chi connectivity index (χ4v) is 3.82. The first-order valence-corrected chi connectivity index (χ1v) is 9.75. The summed E-state index contributed by atoms with van der Waals surface area (Å²) in [6.07, 6.45) is 1.51. The number of benzene rings is 2. The van der Waals surface area contributed by atoms with Gasteiger partial charge in [-0.25, -0.2) is 13.2 Å². The summed E-state index contributed by atoms with van der Waals surface area (Å²) in [6.45, 7) is 0.539. The smallest absolute Gasteiger partial charge is 0.242 e. The maximum Gasteiger partial charge on any atom is 0.242 e. The van der Waals surface area contributed by atoms with Crippen molar-refractivity contribution >= 4 is 22.7 Å². The molecule has 1 saturated heterocycles. The third-order valence-corrected chi connectivity index (χ3v) is 5.28. The Hall–Kier alpha value is -3.29. The minimum atomic E-state index is -0.718. The standard InChI is InChI=1S/C22H20F3N3O2/c23-13-6-4-12(5-7-13)20-15(16-10-14(24)11-17(25)21(16)28-20)2-1-3-19(29)27-18-8-9-26-22(18)30/h4-7,10-11,18,28H,1-3,8-9H2,(H,26,30)(H,27,29)/t18-/m0/s1. The summed E-state index contributed by atoms with van der Waals surface area (Å²) in [6, 6.07) is 7.25. The third kappa shape index (κ3) is 4.03. The highest BCUT2D eigenvalue weighted by Crippen LogP contribution is 2.33. The average Bonchev–Trinajstić information content (AvgIpc) is 3.26. The number of H-pyrrole nitrogens is 1. The number of nitrogens with one attached hydrogen (secondary N) is 3. The maximum absolute atomic E-state index is 14.3. The van der Waals surface area contributed by atoms with Gasteiger partial charge in [-0.2, -0.15) is 0 Å². The van der Waals surface area contributed by atoms with E-state index in [1.54, 1.807) is 12.1 Å². The van der Waals surface area contributed by atoms with Crippen LogP contribution in [0, 0.1) is 17.5 Å². The first-order valence-electron chi connectivity index (χ1n) is 9.75. The molecule has 3 aromatic rings. The summed E-state index contributed by atoms with van der Waals surface area (Å²) in [5, 5.41) is 5.75. The summed E-state index contributed by atoms with van der Waals surface area (Å²) < 4.78 is 41.5. The molecule has 1 fully saturated rings. The molecule has 1 aliphatic rings. The topological polar surface area (TPSA) is 74.0 Å². The van der Waals surface area contributed by atoms with Gasteiger partial charge in [-0.05, 0) is 60.7 Å². The van der Waals surface area contributed by atoms with E-state index in [0.29, 0.717) is 48.0 Å². The van der Waals surface area contributed by atoms with Crippen LogP contribution in [0.25, 0.3) is 22.2 Å². The highest BCUT2D eigenvalue weighted by molar-refractivity contribution is 5.91. The number of aromatic nitrogens is 1. The van der Waals surface area contributed by atoms with Gasteiger partial charge in [0.15, 0.2) is 0 Å². The molecule has 2 heterocycles. The van der Waals surface area contributed by atoms with Gasteiger partial charge >= 0.3 is 0 Å². The normalized spacial score (nSPS) is 16.1. The molecule has 0 saturated carbocycles. The fourth-order valence-electron chi connectivity index (χ4n) is 3.82. The van der Waals surface area contributed by atoms with Crippen LogP contribution in [-0.2, 0) is 16.0 Å². The van der Waals surface area contributed by atoms with E-state index in [4.69, 9.17) is 0 Å². The largest absolute Gasteiger partial charge is 0.354 e. The molecule has 0 radical (unpaired) electrons. The second kappa shape index (κ2) is 8.22. The van der Waals surface area contributed by atoms with Crippen LogP contribution >= 0.6 is 0 Å². The molecule has 3 N–H and O–H groups in total. The highest BCUT2D eigenvalue weighted by Gasteiger charge is 2.25. The van der Waals surface area contributed by atoms with Crippen molar-refractivity contribution in [2.75, 3.05) is 6.54 Å². The maximum atomic E-state index is 14.3. The van der Waals surface area contributed by atoms with E-state index < -0.39 is 23.5 Å². The van der Waals surface area contributed by atoms with E-state index in [2.05, 4.69) is 15.6 Å². The lowest BCUT2D eigenvalue weighted by atomic mass is 10.00. The molecule has 156 valence electrons. The number of carbonyl (C=O) groups excluding carboxylic acids is 2. The number of halogens is 3. The number of carbonyl (C=O) groups is 2. The number of hydrogen-bond donors (Lipinski definition) is 3. The summed E-state index contributed by atoms with van der Waals surface area (Å²) >= 11 is 0. The fraction of sp³-hybridized carbons (Fsp3) is 0.273. The molecule has 0 bridgehead atoms. The number of fused-ring (bicyclic) bond motifs is 1. The van der Waals surface area contributed by atoms with Crippen molar-refractivity contribution in [2.45, 2.75) is 31.7 Å². The van der Waals surface area contributed by atoms with E-state index in [1.165, 1.54) is 18.2 Å². The van der Waals surface area contributed by atoms with Crippen LogP contribution in [0.2, 0.25) is 0 Å². The van der Waals surface area contributed by atoms with Crippen LogP contribution in [0.4, 0.5) is 13.2 Å². The first-order chi connectivity index (χ1) is 14.4. The van der Waals surface area contributed by atoms with Gasteiger partial charge < -0.3 is 15.6 Å². The molecule has 1 aliphatic heterocycles. The second-order valence-corrected chi connectivity index (χ2v) is 7.35. The molecule has 8 heteroatoms. The van der Waals surface area contributed by atoms with Crippen molar-refractivity contribution < 1.29 is 22.8 Å². The van der Waals surface area contributed by atoms with Crippen molar-refractivity contribution in [3.05, 3.63) is 59.4 Å². The number of aromatic amines is 1. The molecule has 2 aromatic carbocycles. The van der Waals surface area contributed by atoms with Crippen LogP contribution in [0.15, 0.2) is 36.4 Å². The monoisotopic (exact) mass is 415 g/mol.